The molecule has 124 valence electrons. The van der Waals surface area contributed by atoms with Crippen LogP contribution in [0.5, 0.6) is 0 Å². The van der Waals surface area contributed by atoms with Crippen LogP contribution in [0.25, 0.3) is 0 Å². The molecular formula is C17H19Cl2NO2S. The standard InChI is InChI=1S/C17H19Cl2NO2S/c1-12(2)9-13-3-6-15(7-4-13)23(21,22)20-11-14-5-8-16(18)17(19)10-14/h3-8,10,12,20H,9,11H2,1-2H3. The monoisotopic (exact) mass is 371 g/mol. The predicted molar refractivity (Wildman–Crippen MR) is 95.5 cm³/mol. The quantitative estimate of drug-likeness (QED) is 0.801. The third kappa shape index (κ3) is 5.21. The molecule has 3 nitrogen and oxygen atoms in total. The van der Waals surface area contributed by atoms with Crippen LogP contribution in [-0.2, 0) is 23.0 Å². The highest BCUT2D eigenvalue weighted by molar-refractivity contribution is 7.89. The first kappa shape index (κ1) is 18.3. The van der Waals surface area contributed by atoms with Crippen molar-refractivity contribution in [3.8, 4) is 0 Å². The molecule has 0 aliphatic heterocycles. The molecule has 0 unspecified atom stereocenters. The van der Waals surface area contributed by atoms with Gasteiger partial charge in [0.05, 0.1) is 14.9 Å². The summed E-state index contributed by atoms with van der Waals surface area (Å²) in [7, 11) is -3.55. The van der Waals surface area contributed by atoms with E-state index in [-0.39, 0.29) is 11.4 Å². The van der Waals surface area contributed by atoms with Crippen molar-refractivity contribution in [2.24, 2.45) is 5.92 Å². The summed E-state index contributed by atoms with van der Waals surface area (Å²) in [5.74, 6) is 0.533. The van der Waals surface area contributed by atoms with Crippen LogP contribution in [0, 0.1) is 5.92 Å². The van der Waals surface area contributed by atoms with E-state index in [1.165, 1.54) is 0 Å². The van der Waals surface area contributed by atoms with E-state index in [9.17, 15) is 8.42 Å². The Balaban J connectivity index is 2.07. The van der Waals surface area contributed by atoms with Gasteiger partial charge in [-0.25, -0.2) is 13.1 Å². The van der Waals surface area contributed by atoms with Crippen LogP contribution in [0.2, 0.25) is 10.0 Å². The van der Waals surface area contributed by atoms with Crippen molar-refractivity contribution in [1.29, 1.82) is 0 Å². The zero-order chi connectivity index (χ0) is 17.0. The lowest BCUT2D eigenvalue weighted by Crippen LogP contribution is -2.23. The number of sulfonamides is 1. The molecule has 1 N–H and O–H groups in total. The molecule has 23 heavy (non-hydrogen) atoms. The third-order valence-electron chi connectivity index (χ3n) is 3.33. The molecule has 0 radical (unpaired) electrons. The van der Waals surface area contributed by atoms with Gasteiger partial charge in [-0.3, -0.25) is 0 Å². The number of hydrogen-bond donors (Lipinski definition) is 1. The van der Waals surface area contributed by atoms with Gasteiger partial charge in [0.25, 0.3) is 0 Å². The summed E-state index contributed by atoms with van der Waals surface area (Å²) >= 11 is 11.8. The van der Waals surface area contributed by atoms with E-state index >= 15 is 0 Å². The third-order valence-corrected chi connectivity index (χ3v) is 5.48. The van der Waals surface area contributed by atoms with Gasteiger partial charge in [-0.2, -0.15) is 0 Å². The Bertz CT molecular complexity index is 772. The number of halogens is 2. The lowest BCUT2D eigenvalue weighted by atomic mass is 10.0. The normalized spacial score (nSPS) is 11.9. The molecule has 0 aliphatic rings. The Hall–Kier alpha value is -1.07. The molecule has 0 saturated heterocycles. The molecule has 0 amide bonds. The maximum absolute atomic E-state index is 12.3. The fraction of sp³-hybridized carbons (Fsp3) is 0.294. The van der Waals surface area contributed by atoms with Crippen LogP contribution in [0.3, 0.4) is 0 Å². The first-order chi connectivity index (χ1) is 10.8. The van der Waals surface area contributed by atoms with Gasteiger partial charge in [-0.1, -0.05) is 55.2 Å². The molecule has 2 aromatic rings. The molecule has 0 spiro atoms. The number of benzene rings is 2. The van der Waals surface area contributed by atoms with Gasteiger partial charge < -0.3 is 0 Å². The summed E-state index contributed by atoms with van der Waals surface area (Å²) in [5.41, 5.74) is 1.88. The first-order valence-corrected chi connectivity index (χ1v) is 9.54. The van der Waals surface area contributed by atoms with E-state index in [0.29, 0.717) is 16.0 Å². The van der Waals surface area contributed by atoms with Gasteiger partial charge in [0, 0.05) is 6.54 Å². The average Bonchev–Trinajstić information content (AvgIpc) is 2.48. The SMILES string of the molecule is CC(C)Cc1ccc(S(=O)(=O)NCc2ccc(Cl)c(Cl)c2)cc1. The summed E-state index contributed by atoms with van der Waals surface area (Å²) < 4.78 is 27.2. The number of nitrogens with one attached hydrogen (secondary N) is 1. The first-order valence-electron chi connectivity index (χ1n) is 7.30. The maximum Gasteiger partial charge on any atom is 0.240 e. The van der Waals surface area contributed by atoms with Gasteiger partial charge >= 0.3 is 0 Å². The van der Waals surface area contributed by atoms with Crippen molar-refractivity contribution in [3.05, 3.63) is 63.6 Å². The fourth-order valence-corrected chi connectivity index (χ4v) is 3.53. The Morgan fingerprint density at radius 2 is 1.57 bits per heavy atom. The topological polar surface area (TPSA) is 46.2 Å². The summed E-state index contributed by atoms with van der Waals surface area (Å²) in [6.45, 7) is 4.42. The predicted octanol–water partition coefficient (Wildman–Crippen LogP) is 4.67. The second-order valence-corrected chi connectivity index (χ2v) is 8.40. The van der Waals surface area contributed by atoms with Gasteiger partial charge in [0.15, 0.2) is 0 Å². The second-order valence-electron chi connectivity index (χ2n) is 5.81. The van der Waals surface area contributed by atoms with Crippen molar-refractivity contribution >= 4 is 33.2 Å². The molecule has 0 aromatic heterocycles. The fourth-order valence-electron chi connectivity index (χ4n) is 2.19. The van der Waals surface area contributed by atoms with E-state index < -0.39 is 10.0 Å². The zero-order valence-electron chi connectivity index (χ0n) is 13.0. The average molecular weight is 372 g/mol. The van der Waals surface area contributed by atoms with Crippen LogP contribution in [-0.4, -0.2) is 8.42 Å². The Morgan fingerprint density at radius 3 is 2.13 bits per heavy atom. The molecule has 0 fully saturated rings. The molecule has 0 bridgehead atoms. The van der Waals surface area contributed by atoms with Gasteiger partial charge in [0.1, 0.15) is 0 Å². The lowest BCUT2D eigenvalue weighted by molar-refractivity contribution is 0.581. The minimum Gasteiger partial charge on any atom is -0.207 e. The Morgan fingerprint density at radius 1 is 0.957 bits per heavy atom. The second kappa shape index (κ2) is 7.67. The van der Waals surface area contributed by atoms with Crippen LogP contribution < -0.4 is 4.72 Å². The van der Waals surface area contributed by atoms with Crippen molar-refractivity contribution in [1.82, 2.24) is 4.72 Å². The largest absolute Gasteiger partial charge is 0.240 e. The highest BCUT2D eigenvalue weighted by atomic mass is 35.5. The minimum atomic E-state index is -3.55. The van der Waals surface area contributed by atoms with E-state index in [1.807, 2.05) is 12.1 Å². The molecule has 0 saturated carbocycles. The van der Waals surface area contributed by atoms with Crippen molar-refractivity contribution in [2.45, 2.75) is 31.7 Å². The van der Waals surface area contributed by atoms with Gasteiger partial charge in [-0.05, 0) is 47.7 Å². The summed E-state index contributed by atoms with van der Waals surface area (Å²) in [5, 5.41) is 0.848. The molecule has 2 rings (SSSR count). The molecule has 2 aromatic carbocycles. The lowest BCUT2D eigenvalue weighted by Gasteiger charge is -2.09. The maximum atomic E-state index is 12.3. The van der Waals surface area contributed by atoms with E-state index in [4.69, 9.17) is 23.2 Å². The summed E-state index contributed by atoms with van der Waals surface area (Å²) in [6.07, 6.45) is 0.928. The van der Waals surface area contributed by atoms with Gasteiger partial charge in [0.2, 0.25) is 10.0 Å². The van der Waals surface area contributed by atoms with Crippen LogP contribution in [0.4, 0.5) is 0 Å². The van der Waals surface area contributed by atoms with Crippen molar-refractivity contribution in [2.75, 3.05) is 0 Å². The Kier molecular flexibility index (Phi) is 6.09. The molecule has 0 heterocycles. The van der Waals surface area contributed by atoms with Gasteiger partial charge in [-0.15, -0.1) is 0 Å². The zero-order valence-corrected chi connectivity index (χ0v) is 15.3. The van der Waals surface area contributed by atoms with Crippen LogP contribution in [0.15, 0.2) is 47.4 Å². The van der Waals surface area contributed by atoms with Crippen LogP contribution in [0.1, 0.15) is 25.0 Å². The van der Waals surface area contributed by atoms with Crippen LogP contribution >= 0.6 is 23.2 Å². The summed E-state index contributed by atoms with van der Waals surface area (Å²) in [6, 6.07) is 12.0. The van der Waals surface area contributed by atoms with Crippen molar-refractivity contribution in [3.63, 3.8) is 0 Å². The molecule has 0 atom stereocenters. The Labute approximate surface area is 147 Å². The highest BCUT2D eigenvalue weighted by Gasteiger charge is 2.14. The van der Waals surface area contributed by atoms with E-state index in [1.54, 1.807) is 30.3 Å². The van der Waals surface area contributed by atoms with Crippen molar-refractivity contribution < 1.29 is 8.42 Å². The smallest absolute Gasteiger partial charge is 0.207 e. The van der Waals surface area contributed by atoms with E-state index in [2.05, 4.69) is 18.6 Å². The molecule has 0 aliphatic carbocycles. The highest BCUT2D eigenvalue weighted by Crippen LogP contribution is 2.22. The molecule has 6 heteroatoms. The number of hydrogen-bond acceptors (Lipinski definition) is 2. The van der Waals surface area contributed by atoms with E-state index in [0.717, 1.165) is 17.5 Å². The number of rotatable bonds is 6. The summed E-state index contributed by atoms with van der Waals surface area (Å²) in [4.78, 5) is 0.255. The molecular weight excluding hydrogens is 353 g/mol. The minimum absolute atomic E-state index is 0.160.